The molecule has 0 spiro atoms. The molecule has 1 aromatic heterocycles. The van der Waals surface area contributed by atoms with E-state index in [1.54, 1.807) is 6.21 Å². The summed E-state index contributed by atoms with van der Waals surface area (Å²) in [4.78, 5) is 14.1. The number of hydrogen-bond donors (Lipinski definition) is 1. The lowest BCUT2D eigenvalue weighted by atomic mass is 10.2. The number of nitro groups is 1. The van der Waals surface area contributed by atoms with Crippen molar-refractivity contribution in [2.45, 2.75) is 13.5 Å². The van der Waals surface area contributed by atoms with Crippen LogP contribution in [0.4, 0.5) is 11.5 Å². The first-order valence-electron chi connectivity index (χ1n) is 9.19. The molecule has 2 aromatic carbocycles. The Balaban J connectivity index is 1.71. The lowest BCUT2D eigenvalue weighted by molar-refractivity contribution is -0.385. The zero-order valence-corrected chi connectivity index (χ0v) is 20.2. The molecule has 0 amide bonds. The molecule has 0 bridgehead atoms. The monoisotopic (exact) mass is 596 g/mol. The zero-order valence-electron chi connectivity index (χ0n) is 16.4. The summed E-state index contributed by atoms with van der Waals surface area (Å²) in [5.74, 6) is 1.70. The van der Waals surface area contributed by atoms with Gasteiger partial charge in [0.15, 0.2) is 11.5 Å². The number of halogens is 2. The molecular formula is C21H18BrIN4O4. The second-order valence-corrected chi connectivity index (χ2v) is 8.28. The van der Waals surface area contributed by atoms with Gasteiger partial charge < -0.3 is 9.47 Å². The first-order chi connectivity index (χ1) is 15.0. The Kier molecular flexibility index (Phi) is 8.18. The summed E-state index contributed by atoms with van der Waals surface area (Å²) >= 11 is 5.63. The van der Waals surface area contributed by atoms with Crippen molar-refractivity contribution in [1.29, 1.82) is 0 Å². The molecular weight excluding hydrogens is 579 g/mol. The smallest absolute Gasteiger partial charge is 0.287 e. The predicted octanol–water partition coefficient (Wildman–Crippen LogP) is 5.78. The molecule has 10 heteroatoms. The summed E-state index contributed by atoms with van der Waals surface area (Å²) in [6.45, 7) is 2.83. The van der Waals surface area contributed by atoms with Gasteiger partial charge in [0, 0.05) is 10.5 Å². The zero-order chi connectivity index (χ0) is 22.2. The van der Waals surface area contributed by atoms with Crippen molar-refractivity contribution < 1.29 is 14.4 Å². The van der Waals surface area contributed by atoms with E-state index in [1.165, 1.54) is 18.3 Å². The van der Waals surface area contributed by atoms with E-state index in [4.69, 9.17) is 9.47 Å². The molecule has 0 atom stereocenters. The topological polar surface area (TPSA) is 98.9 Å². The van der Waals surface area contributed by atoms with Gasteiger partial charge in [-0.1, -0.05) is 28.1 Å². The van der Waals surface area contributed by atoms with E-state index in [2.05, 4.69) is 54.0 Å². The van der Waals surface area contributed by atoms with Crippen LogP contribution in [-0.2, 0) is 6.61 Å². The minimum Gasteiger partial charge on any atom is -0.490 e. The molecule has 0 saturated carbocycles. The molecule has 0 aliphatic heterocycles. The molecule has 0 aliphatic carbocycles. The van der Waals surface area contributed by atoms with Crippen molar-refractivity contribution >= 4 is 56.2 Å². The Bertz CT molecular complexity index is 1080. The summed E-state index contributed by atoms with van der Waals surface area (Å²) in [5, 5.41) is 14.8. The fourth-order valence-electron chi connectivity index (χ4n) is 2.53. The van der Waals surface area contributed by atoms with E-state index < -0.39 is 4.92 Å². The highest BCUT2D eigenvalue weighted by Crippen LogP contribution is 2.34. The third kappa shape index (κ3) is 6.62. The van der Waals surface area contributed by atoms with Crippen LogP contribution < -0.4 is 14.9 Å². The molecule has 3 rings (SSSR count). The third-order valence-corrected chi connectivity index (χ3v) is 5.31. The van der Waals surface area contributed by atoms with Gasteiger partial charge in [-0.25, -0.2) is 4.98 Å². The number of hydrazone groups is 1. The van der Waals surface area contributed by atoms with Gasteiger partial charge in [-0.2, -0.15) is 5.10 Å². The summed E-state index contributed by atoms with van der Waals surface area (Å²) in [7, 11) is 0. The average Bonchev–Trinajstić information content (AvgIpc) is 2.75. The fraction of sp³-hybridized carbons (Fsp3) is 0.143. The van der Waals surface area contributed by atoms with Crippen LogP contribution in [0.2, 0.25) is 0 Å². The molecule has 160 valence electrons. The van der Waals surface area contributed by atoms with E-state index >= 15 is 0 Å². The minimum atomic E-state index is -0.502. The van der Waals surface area contributed by atoms with Crippen LogP contribution in [-0.4, -0.2) is 22.7 Å². The lowest BCUT2D eigenvalue weighted by Gasteiger charge is -2.15. The number of hydrogen-bond acceptors (Lipinski definition) is 7. The minimum absolute atomic E-state index is 0.0795. The van der Waals surface area contributed by atoms with Gasteiger partial charge in [-0.3, -0.25) is 15.5 Å². The van der Waals surface area contributed by atoms with E-state index in [0.29, 0.717) is 30.5 Å². The van der Waals surface area contributed by atoms with Crippen LogP contribution >= 0.6 is 38.5 Å². The maximum atomic E-state index is 10.7. The number of aromatic nitrogens is 1. The fourth-order valence-corrected chi connectivity index (χ4v) is 3.58. The number of nitrogens with zero attached hydrogens (tertiary/aromatic N) is 3. The Morgan fingerprint density at radius 3 is 2.65 bits per heavy atom. The summed E-state index contributed by atoms with van der Waals surface area (Å²) in [6, 6.07) is 14.6. The van der Waals surface area contributed by atoms with Crippen LogP contribution in [0, 0.1) is 13.7 Å². The lowest BCUT2D eigenvalue weighted by Crippen LogP contribution is -2.03. The molecule has 31 heavy (non-hydrogen) atoms. The summed E-state index contributed by atoms with van der Waals surface area (Å²) < 4.78 is 13.7. The van der Waals surface area contributed by atoms with Crippen molar-refractivity contribution in [2.24, 2.45) is 5.10 Å². The number of benzene rings is 2. The van der Waals surface area contributed by atoms with E-state index in [9.17, 15) is 10.1 Å². The van der Waals surface area contributed by atoms with Crippen molar-refractivity contribution in [2.75, 3.05) is 12.0 Å². The Morgan fingerprint density at radius 1 is 1.23 bits per heavy atom. The molecule has 8 nitrogen and oxygen atoms in total. The van der Waals surface area contributed by atoms with Crippen LogP contribution in [0.1, 0.15) is 18.1 Å². The third-order valence-electron chi connectivity index (χ3n) is 3.98. The van der Waals surface area contributed by atoms with E-state index in [1.807, 2.05) is 43.3 Å². The van der Waals surface area contributed by atoms with E-state index in [-0.39, 0.29) is 5.69 Å². The van der Waals surface area contributed by atoms with Gasteiger partial charge in [-0.05, 0) is 71.0 Å². The SMILES string of the molecule is CCOc1cc(C=NNc2ccc([N+](=O)[O-])cn2)cc(I)c1OCc1ccc(Br)cc1. The van der Waals surface area contributed by atoms with Crippen LogP contribution in [0.3, 0.4) is 0 Å². The number of rotatable bonds is 9. The van der Waals surface area contributed by atoms with Gasteiger partial charge in [0.05, 0.1) is 21.3 Å². The second kappa shape index (κ2) is 11.0. The average molecular weight is 597 g/mol. The highest BCUT2D eigenvalue weighted by molar-refractivity contribution is 14.1. The first-order valence-corrected chi connectivity index (χ1v) is 11.1. The first kappa shape index (κ1) is 22.9. The van der Waals surface area contributed by atoms with Gasteiger partial charge in [0.2, 0.25) is 0 Å². The predicted molar refractivity (Wildman–Crippen MR) is 131 cm³/mol. The molecule has 0 unspecified atom stereocenters. The van der Waals surface area contributed by atoms with Gasteiger partial charge in [0.25, 0.3) is 5.69 Å². The van der Waals surface area contributed by atoms with Gasteiger partial charge >= 0.3 is 0 Å². The molecule has 0 aliphatic rings. The molecule has 1 N–H and O–H groups in total. The molecule has 0 saturated heterocycles. The maximum Gasteiger partial charge on any atom is 0.287 e. The number of ether oxygens (including phenoxy) is 2. The highest BCUT2D eigenvalue weighted by atomic mass is 127. The highest BCUT2D eigenvalue weighted by Gasteiger charge is 2.12. The quantitative estimate of drug-likeness (QED) is 0.145. The van der Waals surface area contributed by atoms with Crippen molar-refractivity contribution in [3.8, 4) is 11.5 Å². The number of pyridine rings is 1. The molecule has 1 heterocycles. The van der Waals surface area contributed by atoms with Crippen LogP contribution in [0.25, 0.3) is 0 Å². The number of anilines is 1. The molecule has 3 aromatic rings. The summed E-state index contributed by atoms with van der Waals surface area (Å²) in [6.07, 6.45) is 2.79. The Labute approximate surface area is 201 Å². The molecule has 0 fully saturated rings. The second-order valence-electron chi connectivity index (χ2n) is 6.21. The Morgan fingerprint density at radius 2 is 2.00 bits per heavy atom. The van der Waals surface area contributed by atoms with Crippen LogP contribution in [0.5, 0.6) is 11.5 Å². The van der Waals surface area contributed by atoms with Crippen LogP contribution in [0.15, 0.2) is 64.3 Å². The summed E-state index contributed by atoms with van der Waals surface area (Å²) in [5.41, 5.74) is 4.53. The van der Waals surface area contributed by atoms with Gasteiger partial charge in [-0.15, -0.1) is 0 Å². The van der Waals surface area contributed by atoms with Crippen molar-refractivity contribution in [1.82, 2.24) is 4.98 Å². The van der Waals surface area contributed by atoms with Gasteiger partial charge in [0.1, 0.15) is 18.6 Å². The standard InChI is InChI=1S/C21H18BrIN4O4/c1-2-30-19-10-15(11-25-26-20-8-7-17(12-24-20)27(28)29)9-18(23)21(19)31-13-14-3-5-16(22)6-4-14/h3-12H,2,13H2,1H3,(H,24,26). The number of nitrogens with one attached hydrogen (secondary N) is 1. The maximum absolute atomic E-state index is 10.7. The normalized spacial score (nSPS) is 10.8. The largest absolute Gasteiger partial charge is 0.490 e. The van der Waals surface area contributed by atoms with Crippen molar-refractivity contribution in [3.63, 3.8) is 0 Å². The molecule has 0 radical (unpaired) electrons. The Hall–Kier alpha value is -2.73. The van der Waals surface area contributed by atoms with E-state index in [0.717, 1.165) is 19.2 Å². The van der Waals surface area contributed by atoms with Crippen molar-refractivity contribution in [3.05, 3.63) is 84.0 Å².